The van der Waals surface area contributed by atoms with E-state index in [-0.39, 0.29) is 12.6 Å². The minimum atomic E-state index is 0.0575. The van der Waals surface area contributed by atoms with Gasteiger partial charge in [-0.2, -0.15) is 0 Å². The fourth-order valence-corrected chi connectivity index (χ4v) is 1.73. The maximum absolute atomic E-state index is 8.73. The predicted molar refractivity (Wildman–Crippen MR) is 58.1 cm³/mol. The van der Waals surface area contributed by atoms with Crippen molar-refractivity contribution in [3.05, 3.63) is 23.0 Å². The van der Waals surface area contributed by atoms with Crippen LogP contribution in [0.25, 0.3) is 0 Å². The Bertz CT molecular complexity index is 304. The molecule has 1 heterocycles. The molecule has 1 rings (SSSR count). The second kappa shape index (κ2) is 4.62. The van der Waals surface area contributed by atoms with Crippen molar-refractivity contribution in [3.8, 4) is 0 Å². The lowest BCUT2D eigenvalue weighted by Crippen LogP contribution is -2.11. The molecule has 0 aromatic carbocycles. The van der Waals surface area contributed by atoms with Gasteiger partial charge in [-0.1, -0.05) is 0 Å². The lowest BCUT2D eigenvalue weighted by Gasteiger charge is -2.10. The van der Waals surface area contributed by atoms with E-state index < -0.39 is 0 Å². The number of hydrogen-bond acceptors (Lipinski definition) is 2. The first-order valence-electron chi connectivity index (χ1n) is 5.07. The molecular weight excluding hydrogens is 176 g/mol. The topological polar surface area (TPSA) is 51.2 Å². The summed E-state index contributed by atoms with van der Waals surface area (Å²) in [4.78, 5) is 0. The summed E-state index contributed by atoms with van der Waals surface area (Å²) in [6.45, 7) is 4.38. The number of aryl methyl sites for hydroxylation is 1. The van der Waals surface area contributed by atoms with Crippen molar-refractivity contribution in [1.29, 1.82) is 0 Å². The summed E-state index contributed by atoms with van der Waals surface area (Å²) in [6, 6.07) is 2.19. The van der Waals surface area contributed by atoms with Gasteiger partial charge in [0, 0.05) is 31.1 Å². The van der Waals surface area contributed by atoms with E-state index in [1.165, 1.54) is 17.0 Å². The quantitative estimate of drug-likeness (QED) is 0.765. The maximum atomic E-state index is 8.73. The van der Waals surface area contributed by atoms with Crippen LogP contribution in [0.15, 0.2) is 6.07 Å². The first-order valence-corrected chi connectivity index (χ1v) is 5.07. The summed E-state index contributed by atoms with van der Waals surface area (Å²) in [7, 11) is 2.05. The van der Waals surface area contributed by atoms with E-state index in [1.807, 2.05) is 7.05 Å². The summed E-state index contributed by atoms with van der Waals surface area (Å²) in [5.41, 5.74) is 9.71. The Labute approximate surface area is 85.5 Å². The first kappa shape index (κ1) is 11.3. The fourth-order valence-electron chi connectivity index (χ4n) is 1.73. The van der Waals surface area contributed by atoms with Gasteiger partial charge in [-0.15, -0.1) is 0 Å². The smallest absolute Gasteiger partial charge is 0.0431 e. The molecule has 0 saturated heterocycles. The third-order valence-electron chi connectivity index (χ3n) is 2.89. The maximum Gasteiger partial charge on any atom is 0.0431 e. The number of aliphatic hydroxyl groups is 1. The van der Waals surface area contributed by atoms with Crippen LogP contribution in [-0.2, 0) is 7.05 Å². The minimum Gasteiger partial charge on any atom is -0.396 e. The molecule has 0 aliphatic rings. The predicted octanol–water partition coefficient (Wildman–Crippen LogP) is 1.41. The Morgan fingerprint density at radius 3 is 2.57 bits per heavy atom. The summed E-state index contributed by atoms with van der Waals surface area (Å²) >= 11 is 0. The molecule has 3 heteroatoms. The van der Waals surface area contributed by atoms with Crippen molar-refractivity contribution in [1.82, 2.24) is 4.57 Å². The molecule has 1 aromatic rings. The molecule has 3 N–H and O–H groups in total. The molecule has 1 atom stereocenters. The van der Waals surface area contributed by atoms with E-state index in [1.54, 1.807) is 0 Å². The van der Waals surface area contributed by atoms with Crippen LogP contribution >= 0.6 is 0 Å². The highest BCUT2D eigenvalue weighted by Crippen LogP contribution is 2.22. The number of rotatable bonds is 4. The van der Waals surface area contributed by atoms with E-state index in [9.17, 15) is 0 Å². The normalized spacial score (nSPS) is 13.2. The van der Waals surface area contributed by atoms with Crippen molar-refractivity contribution in [3.63, 3.8) is 0 Å². The summed E-state index contributed by atoms with van der Waals surface area (Å²) in [5, 5.41) is 8.73. The van der Waals surface area contributed by atoms with Gasteiger partial charge < -0.3 is 15.4 Å². The molecule has 80 valence electrons. The molecule has 14 heavy (non-hydrogen) atoms. The zero-order valence-corrected chi connectivity index (χ0v) is 9.25. The molecule has 0 aliphatic carbocycles. The van der Waals surface area contributed by atoms with E-state index in [0.29, 0.717) is 0 Å². The fraction of sp³-hybridized carbons (Fsp3) is 0.636. The summed E-state index contributed by atoms with van der Waals surface area (Å²) in [6.07, 6.45) is 1.62. The van der Waals surface area contributed by atoms with E-state index in [4.69, 9.17) is 10.8 Å². The van der Waals surface area contributed by atoms with Crippen LogP contribution < -0.4 is 5.73 Å². The number of hydrogen-bond donors (Lipinski definition) is 2. The Morgan fingerprint density at radius 2 is 2.14 bits per heavy atom. The Balaban J connectivity index is 2.79. The average molecular weight is 196 g/mol. The largest absolute Gasteiger partial charge is 0.396 e. The van der Waals surface area contributed by atoms with Crippen molar-refractivity contribution >= 4 is 0 Å². The van der Waals surface area contributed by atoms with E-state index >= 15 is 0 Å². The standard InChI is InChI=1S/C11H20N2O/c1-8-7-10(9(2)13(8)3)11(12)5-4-6-14/h7,11,14H,4-6,12H2,1-3H3/t11-/m1/s1. The highest BCUT2D eigenvalue weighted by atomic mass is 16.2. The SMILES string of the molecule is Cc1cc([C@H](N)CCCO)c(C)n1C. The Kier molecular flexibility index (Phi) is 3.72. The molecule has 1 aromatic heterocycles. The number of nitrogens with two attached hydrogens (primary N) is 1. The zero-order valence-electron chi connectivity index (χ0n) is 9.25. The van der Waals surface area contributed by atoms with Gasteiger partial charge in [-0.05, 0) is 38.3 Å². The van der Waals surface area contributed by atoms with Crippen molar-refractivity contribution in [2.24, 2.45) is 12.8 Å². The highest BCUT2D eigenvalue weighted by molar-refractivity contribution is 5.29. The molecule has 0 fully saturated rings. The molecule has 0 bridgehead atoms. The molecule has 0 saturated carbocycles. The van der Waals surface area contributed by atoms with Gasteiger partial charge in [0.25, 0.3) is 0 Å². The number of aromatic nitrogens is 1. The molecular formula is C11H20N2O. The van der Waals surface area contributed by atoms with Crippen molar-refractivity contribution < 1.29 is 5.11 Å². The van der Waals surface area contributed by atoms with Gasteiger partial charge in [0.2, 0.25) is 0 Å². The van der Waals surface area contributed by atoms with Crippen LogP contribution in [0.5, 0.6) is 0 Å². The van der Waals surface area contributed by atoms with Gasteiger partial charge in [-0.3, -0.25) is 0 Å². The van der Waals surface area contributed by atoms with Gasteiger partial charge in [0.05, 0.1) is 0 Å². The lowest BCUT2D eigenvalue weighted by molar-refractivity contribution is 0.280. The van der Waals surface area contributed by atoms with Crippen LogP contribution in [0.4, 0.5) is 0 Å². The third-order valence-corrected chi connectivity index (χ3v) is 2.89. The van der Waals surface area contributed by atoms with Gasteiger partial charge >= 0.3 is 0 Å². The van der Waals surface area contributed by atoms with Crippen LogP contribution in [0.2, 0.25) is 0 Å². The van der Waals surface area contributed by atoms with Crippen LogP contribution in [0, 0.1) is 13.8 Å². The molecule has 0 radical (unpaired) electrons. The zero-order chi connectivity index (χ0) is 10.7. The van der Waals surface area contributed by atoms with Gasteiger partial charge in [0.1, 0.15) is 0 Å². The van der Waals surface area contributed by atoms with Crippen LogP contribution in [0.1, 0.15) is 35.8 Å². The van der Waals surface area contributed by atoms with Crippen LogP contribution in [-0.4, -0.2) is 16.3 Å². The molecule has 3 nitrogen and oxygen atoms in total. The second-order valence-electron chi connectivity index (χ2n) is 3.86. The Morgan fingerprint density at radius 1 is 1.50 bits per heavy atom. The first-order chi connectivity index (χ1) is 6.57. The molecule has 0 amide bonds. The second-order valence-corrected chi connectivity index (χ2v) is 3.86. The van der Waals surface area contributed by atoms with Gasteiger partial charge in [0.15, 0.2) is 0 Å². The monoisotopic (exact) mass is 196 g/mol. The lowest BCUT2D eigenvalue weighted by atomic mass is 10.0. The average Bonchev–Trinajstić information content (AvgIpc) is 2.42. The number of nitrogens with zero attached hydrogens (tertiary/aromatic N) is 1. The van der Waals surface area contributed by atoms with Crippen molar-refractivity contribution in [2.45, 2.75) is 32.7 Å². The van der Waals surface area contributed by atoms with E-state index in [0.717, 1.165) is 12.8 Å². The summed E-state index contributed by atoms with van der Waals surface area (Å²) in [5.74, 6) is 0. The highest BCUT2D eigenvalue weighted by Gasteiger charge is 2.12. The molecule has 0 unspecified atom stereocenters. The summed E-state index contributed by atoms with van der Waals surface area (Å²) < 4.78 is 2.15. The van der Waals surface area contributed by atoms with E-state index in [2.05, 4.69) is 24.5 Å². The number of aliphatic hydroxyl groups excluding tert-OH is 1. The third kappa shape index (κ3) is 2.16. The minimum absolute atomic E-state index is 0.0575. The van der Waals surface area contributed by atoms with Crippen molar-refractivity contribution in [2.75, 3.05) is 6.61 Å². The molecule has 0 aliphatic heterocycles. The van der Waals surface area contributed by atoms with Gasteiger partial charge in [-0.25, -0.2) is 0 Å². The Hall–Kier alpha value is -0.800. The van der Waals surface area contributed by atoms with Crippen LogP contribution in [0.3, 0.4) is 0 Å². The molecule has 0 spiro atoms.